The van der Waals surface area contributed by atoms with Crippen molar-refractivity contribution in [3.63, 3.8) is 0 Å². The number of carbonyl (C=O) groups is 1. The molecule has 0 spiro atoms. The van der Waals surface area contributed by atoms with Crippen molar-refractivity contribution < 1.29 is 18.0 Å². The summed E-state index contributed by atoms with van der Waals surface area (Å²) in [7, 11) is -1.57. The third-order valence-corrected chi connectivity index (χ3v) is 6.56. The maximum absolute atomic E-state index is 13.8. The molecule has 0 aromatic heterocycles. The molecule has 2 aromatic rings. The molecule has 3 rings (SSSR count). The van der Waals surface area contributed by atoms with E-state index in [1.807, 2.05) is 11.0 Å². The van der Waals surface area contributed by atoms with Gasteiger partial charge < -0.3 is 10.2 Å². The van der Waals surface area contributed by atoms with Gasteiger partial charge in [-0.1, -0.05) is 44.6 Å². The van der Waals surface area contributed by atoms with Crippen LogP contribution in [0.15, 0.2) is 42.5 Å². The molecule has 0 unspecified atom stereocenters. The number of nitrogens with zero attached hydrogens (tertiary/aromatic N) is 2. The molecule has 0 radical (unpaired) electrons. The lowest BCUT2D eigenvalue weighted by atomic mass is 10.0. The van der Waals surface area contributed by atoms with E-state index < -0.39 is 25.7 Å². The summed E-state index contributed by atoms with van der Waals surface area (Å²) < 4.78 is 41.5. The van der Waals surface area contributed by atoms with Gasteiger partial charge in [0.1, 0.15) is 8.07 Å². The fourth-order valence-corrected chi connectivity index (χ4v) is 4.28. The second-order valence-corrected chi connectivity index (χ2v) is 14.4. The highest BCUT2D eigenvalue weighted by Crippen LogP contribution is 2.34. The van der Waals surface area contributed by atoms with Crippen LogP contribution in [0.1, 0.15) is 34.0 Å². The summed E-state index contributed by atoms with van der Waals surface area (Å²) in [4.78, 5) is 17.1. The molecule has 1 N–H and O–H groups in total. The Kier molecular flexibility index (Phi) is 8.24. The van der Waals surface area contributed by atoms with Gasteiger partial charge in [0, 0.05) is 49.5 Å². The molecule has 1 heterocycles. The maximum atomic E-state index is 13.8. The van der Waals surface area contributed by atoms with Crippen molar-refractivity contribution in [1.82, 2.24) is 9.80 Å². The molecule has 34 heavy (non-hydrogen) atoms. The minimum Gasteiger partial charge on any atom is -0.322 e. The maximum Gasteiger partial charge on any atom is 0.416 e. The summed E-state index contributed by atoms with van der Waals surface area (Å²) in [6, 6.07) is 10.9. The third kappa shape index (κ3) is 7.45. The van der Waals surface area contributed by atoms with Crippen LogP contribution in [0.3, 0.4) is 0 Å². The Morgan fingerprint density at radius 2 is 1.71 bits per heavy atom. The van der Waals surface area contributed by atoms with Gasteiger partial charge in [-0.2, -0.15) is 13.2 Å². The van der Waals surface area contributed by atoms with Crippen LogP contribution in [0, 0.1) is 11.5 Å². The van der Waals surface area contributed by atoms with Crippen LogP contribution in [0.5, 0.6) is 0 Å². The number of hydrogen-bond acceptors (Lipinski definition) is 3. The van der Waals surface area contributed by atoms with Crippen LogP contribution in [0.25, 0.3) is 0 Å². The predicted octanol–water partition coefficient (Wildman–Crippen LogP) is 5.32. The summed E-state index contributed by atoms with van der Waals surface area (Å²) in [6.45, 7) is 12.8. The minimum atomic E-state index is -4.51. The van der Waals surface area contributed by atoms with Gasteiger partial charge in [0.05, 0.1) is 5.56 Å². The summed E-state index contributed by atoms with van der Waals surface area (Å²) >= 11 is 0. The molecular weight excluding hydrogens is 455 g/mol. The Bertz CT molecular complexity index is 1080. The summed E-state index contributed by atoms with van der Waals surface area (Å²) in [5, 5.41) is 2.62. The normalized spacial score (nSPS) is 15.5. The second-order valence-electron chi connectivity index (χ2n) is 9.62. The van der Waals surface area contributed by atoms with E-state index in [0.717, 1.165) is 38.8 Å². The number of rotatable bonds is 5. The molecule has 0 atom stereocenters. The van der Waals surface area contributed by atoms with Gasteiger partial charge in [0.2, 0.25) is 0 Å². The van der Waals surface area contributed by atoms with E-state index in [2.05, 4.69) is 48.2 Å². The van der Waals surface area contributed by atoms with Crippen molar-refractivity contribution >= 4 is 19.7 Å². The predicted molar refractivity (Wildman–Crippen MR) is 133 cm³/mol. The molecule has 1 amide bonds. The summed E-state index contributed by atoms with van der Waals surface area (Å²) in [5.74, 6) is 2.64. The van der Waals surface area contributed by atoms with Crippen LogP contribution >= 0.6 is 0 Å². The van der Waals surface area contributed by atoms with Crippen molar-refractivity contribution in [2.45, 2.75) is 39.3 Å². The summed E-state index contributed by atoms with van der Waals surface area (Å²) in [5.41, 5.74) is 3.95. The number of hydrogen-bond donors (Lipinski definition) is 1. The average Bonchev–Trinajstić information content (AvgIpc) is 2.78. The molecule has 1 saturated heterocycles. The zero-order chi connectivity index (χ0) is 24.9. The number of piperazine rings is 1. The average molecular weight is 488 g/mol. The van der Waals surface area contributed by atoms with Gasteiger partial charge in [-0.3, -0.25) is 9.69 Å². The van der Waals surface area contributed by atoms with E-state index in [9.17, 15) is 18.0 Å². The highest BCUT2D eigenvalue weighted by atomic mass is 28.3. The molecule has 2 aromatic carbocycles. The molecule has 0 bridgehead atoms. The van der Waals surface area contributed by atoms with Gasteiger partial charge in [-0.25, -0.2) is 0 Å². The van der Waals surface area contributed by atoms with Crippen molar-refractivity contribution in [2.24, 2.45) is 0 Å². The first-order valence-corrected chi connectivity index (χ1v) is 15.0. The van der Waals surface area contributed by atoms with E-state index >= 15 is 0 Å². The molecular formula is C26H32F3N3OSi. The van der Waals surface area contributed by atoms with Crippen LogP contribution in [0.4, 0.5) is 18.9 Å². The van der Waals surface area contributed by atoms with Crippen LogP contribution in [-0.4, -0.2) is 56.5 Å². The molecule has 182 valence electrons. The number of alkyl halides is 3. The fourth-order valence-electron chi connectivity index (χ4n) is 3.76. The highest BCUT2D eigenvalue weighted by molar-refractivity contribution is 6.83. The van der Waals surface area contributed by atoms with E-state index in [1.165, 1.54) is 6.07 Å². The molecule has 1 aliphatic rings. The first-order chi connectivity index (χ1) is 15.9. The van der Waals surface area contributed by atoms with Gasteiger partial charge in [-0.05, 0) is 42.4 Å². The number of amides is 1. The smallest absolute Gasteiger partial charge is 0.322 e. The first-order valence-electron chi connectivity index (χ1n) is 11.5. The van der Waals surface area contributed by atoms with Crippen molar-refractivity contribution in [1.29, 1.82) is 0 Å². The standard InChI is InChI=1S/C26H32F3N3OSi/c1-5-31-12-14-32(15-13-31)19-22-9-10-23(18-24(22)26(27,28)29)30-25(33)21-8-6-7-20(17-21)11-16-34(2,3)4/h6-10,17-18H,5,12-15,19H2,1-4H3,(H,30,33). The zero-order valence-electron chi connectivity index (χ0n) is 20.2. The number of likely N-dealkylation sites (N-methyl/N-ethyl adjacent to an activating group) is 1. The van der Waals surface area contributed by atoms with E-state index in [1.54, 1.807) is 24.3 Å². The van der Waals surface area contributed by atoms with Gasteiger partial charge in [0.15, 0.2) is 0 Å². The van der Waals surface area contributed by atoms with Gasteiger partial charge in [-0.15, -0.1) is 5.54 Å². The Balaban J connectivity index is 1.76. The van der Waals surface area contributed by atoms with E-state index in [0.29, 0.717) is 11.1 Å². The lowest BCUT2D eigenvalue weighted by Gasteiger charge is -2.34. The van der Waals surface area contributed by atoms with Crippen LogP contribution in [-0.2, 0) is 12.7 Å². The van der Waals surface area contributed by atoms with Crippen molar-refractivity contribution in [3.8, 4) is 11.5 Å². The molecule has 4 nitrogen and oxygen atoms in total. The summed E-state index contributed by atoms with van der Waals surface area (Å²) in [6.07, 6.45) is -4.51. The Labute approximate surface area is 201 Å². The fraction of sp³-hybridized carbons (Fsp3) is 0.423. The number of halogens is 3. The molecule has 0 aliphatic carbocycles. The lowest BCUT2D eigenvalue weighted by Crippen LogP contribution is -2.45. The second kappa shape index (κ2) is 10.8. The van der Waals surface area contributed by atoms with Crippen molar-refractivity contribution in [2.75, 3.05) is 38.0 Å². The van der Waals surface area contributed by atoms with E-state index in [-0.39, 0.29) is 17.8 Å². The topological polar surface area (TPSA) is 35.6 Å². The zero-order valence-corrected chi connectivity index (χ0v) is 21.2. The Morgan fingerprint density at radius 1 is 1.03 bits per heavy atom. The Hall–Kier alpha value is -2.60. The van der Waals surface area contributed by atoms with Gasteiger partial charge in [0.25, 0.3) is 5.91 Å². The van der Waals surface area contributed by atoms with Gasteiger partial charge >= 0.3 is 6.18 Å². The van der Waals surface area contributed by atoms with Crippen LogP contribution < -0.4 is 5.32 Å². The monoisotopic (exact) mass is 487 g/mol. The quantitative estimate of drug-likeness (QED) is 0.458. The highest BCUT2D eigenvalue weighted by Gasteiger charge is 2.34. The number of carbonyl (C=O) groups excluding carboxylic acids is 1. The Morgan fingerprint density at radius 3 is 2.32 bits per heavy atom. The van der Waals surface area contributed by atoms with E-state index in [4.69, 9.17) is 0 Å². The molecule has 1 aliphatic heterocycles. The number of benzene rings is 2. The SMILES string of the molecule is CCN1CCN(Cc2ccc(NC(=O)c3cccc(C#C[Si](C)(C)C)c3)cc2C(F)(F)F)CC1. The minimum absolute atomic E-state index is 0.121. The number of nitrogens with one attached hydrogen (secondary N) is 1. The number of anilines is 1. The molecule has 8 heteroatoms. The molecule has 0 saturated carbocycles. The molecule has 1 fully saturated rings. The largest absolute Gasteiger partial charge is 0.416 e. The third-order valence-electron chi connectivity index (χ3n) is 5.69. The van der Waals surface area contributed by atoms with Crippen molar-refractivity contribution in [3.05, 3.63) is 64.7 Å². The first kappa shape index (κ1) is 26.0. The van der Waals surface area contributed by atoms with Crippen LogP contribution in [0.2, 0.25) is 19.6 Å². The lowest BCUT2D eigenvalue weighted by molar-refractivity contribution is -0.138.